The predicted octanol–water partition coefficient (Wildman–Crippen LogP) is 1.84. The number of ether oxygens (including phenoxy) is 2. The molecule has 1 aliphatic rings. The summed E-state index contributed by atoms with van der Waals surface area (Å²) >= 11 is 0. The van der Waals surface area contributed by atoms with E-state index in [0.29, 0.717) is 23.6 Å². The lowest BCUT2D eigenvalue weighted by Crippen LogP contribution is -2.32. The van der Waals surface area contributed by atoms with E-state index in [9.17, 15) is 9.59 Å². The fourth-order valence-electron chi connectivity index (χ4n) is 2.26. The summed E-state index contributed by atoms with van der Waals surface area (Å²) in [6.45, 7) is 3.78. The van der Waals surface area contributed by atoms with Gasteiger partial charge in [-0.3, -0.25) is 4.79 Å². The Hall–Kier alpha value is -2.24. The zero-order chi connectivity index (χ0) is 15.9. The molecule has 0 aromatic heterocycles. The zero-order valence-corrected chi connectivity index (χ0v) is 12.8. The summed E-state index contributed by atoms with van der Waals surface area (Å²) in [5.41, 5.74) is 6.58. The Morgan fingerprint density at radius 2 is 2.00 bits per heavy atom. The molecule has 1 amide bonds. The minimum atomic E-state index is -0.419. The van der Waals surface area contributed by atoms with E-state index in [1.54, 1.807) is 17.0 Å². The molecule has 6 heteroatoms. The average Bonchev–Trinajstić information content (AvgIpc) is 3.06. The molecular formula is C16H22N2O4. The highest BCUT2D eigenvalue weighted by Crippen LogP contribution is 2.23. The van der Waals surface area contributed by atoms with E-state index in [2.05, 4.69) is 0 Å². The van der Waals surface area contributed by atoms with Crippen LogP contribution in [-0.4, -0.2) is 43.1 Å². The Balaban J connectivity index is 1.97. The Morgan fingerprint density at radius 3 is 2.68 bits per heavy atom. The second-order valence-corrected chi connectivity index (χ2v) is 5.27. The summed E-state index contributed by atoms with van der Waals surface area (Å²) in [6.07, 6.45) is 2.83. The number of anilines is 1. The molecule has 2 N–H and O–H groups in total. The normalized spacial score (nSPS) is 14.0. The summed E-state index contributed by atoms with van der Waals surface area (Å²) in [5, 5.41) is 0. The van der Waals surface area contributed by atoms with Crippen LogP contribution in [0, 0.1) is 0 Å². The van der Waals surface area contributed by atoms with Gasteiger partial charge in [-0.25, -0.2) is 4.79 Å². The van der Waals surface area contributed by atoms with Crippen molar-refractivity contribution in [1.82, 2.24) is 4.90 Å². The number of amides is 1. The van der Waals surface area contributed by atoms with Gasteiger partial charge in [-0.1, -0.05) is 6.92 Å². The van der Waals surface area contributed by atoms with Crippen LogP contribution in [0.5, 0.6) is 5.75 Å². The number of likely N-dealkylation sites (tertiary alicyclic amines) is 1. The van der Waals surface area contributed by atoms with Gasteiger partial charge < -0.3 is 20.1 Å². The van der Waals surface area contributed by atoms with Crippen LogP contribution in [0.25, 0.3) is 0 Å². The molecule has 0 bridgehead atoms. The lowest BCUT2D eigenvalue weighted by atomic mass is 10.2. The molecule has 1 saturated heterocycles. The number of esters is 1. The van der Waals surface area contributed by atoms with E-state index >= 15 is 0 Å². The number of benzene rings is 1. The first-order chi connectivity index (χ1) is 10.6. The number of nitrogens with two attached hydrogens (primary N) is 1. The van der Waals surface area contributed by atoms with Crippen molar-refractivity contribution in [2.45, 2.75) is 26.2 Å². The molecule has 0 saturated carbocycles. The van der Waals surface area contributed by atoms with E-state index in [1.165, 1.54) is 6.07 Å². The van der Waals surface area contributed by atoms with E-state index in [0.717, 1.165) is 32.4 Å². The summed E-state index contributed by atoms with van der Waals surface area (Å²) < 4.78 is 10.6. The number of carbonyl (C=O) groups excluding carboxylic acids is 2. The second kappa shape index (κ2) is 7.68. The lowest BCUT2D eigenvalue weighted by Gasteiger charge is -2.16. The van der Waals surface area contributed by atoms with Gasteiger partial charge in [0.2, 0.25) is 0 Å². The van der Waals surface area contributed by atoms with Gasteiger partial charge in [0, 0.05) is 13.1 Å². The van der Waals surface area contributed by atoms with Gasteiger partial charge >= 0.3 is 5.97 Å². The molecule has 1 aromatic carbocycles. The minimum Gasteiger partial charge on any atom is -0.482 e. The largest absolute Gasteiger partial charge is 0.482 e. The zero-order valence-electron chi connectivity index (χ0n) is 12.8. The first-order valence-electron chi connectivity index (χ1n) is 7.59. The SMILES string of the molecule is CCCOC(=O)c1ccc(N)c(OCC(=O)N2CCCC2)c1. The smallest absolute Gasteiger partial charge is 0.338 e. The van der Waals surface area contributed by atoms with Crippen molar-refractivity contribution in [2.75, 3.05) is 32.0 Å². The van der Waals surface area contributed by atoms with Crippen molar-refractivity contribution in [1.29, 1.82) is 0 Å². The van der Waals surface area contributed by atoms with Gasteiger partial charge in [0.05, 0.1) is 17.9 Å². The van der Waals surface area contributed by atoms with Crippen LogP contribution in [0.3, 0.4) is 0 Å². The molecule has 1 aliphatic heterocycles. The summed E-state index contributed by atoms with van der Waals surface area (Å²) in [7, 11) is 0. The van der Waals surface area contributed by atoms with Crippen molar-refractivity contribution in [3.05, 3.63) is 23.8 Å². The molecule has 1 aromatic rings. The molecule has 2 rings (SSSR count). The third-order valence-electron chi connectivity index (χ3n) is 3.50. The molecule has 120 valence electrons. The molecule has 1 heterocycles. The third kappa shape index (κ3) is 4.13. The van der Waals surface area contributed by atoms with Crippen LogP contribution >= 0.6 is 0 Å². The number of rotatable bonds is 6. The molecule has 0 radical (unpaired) electrons. The standard InChI is InChI=1S/C16H22N2O4/c1-2-9-21-16(20)12-5-6-13(17)14(10-12)22-11-15(19)18-7-3-4-8-18/h5-6,10H,2-4,7-9,11,17H2,1H3. The highest BCUT2D eigenvalue weighted by molar-refractivity contribution is 5.90. The second-order valence-electron chi connectivity index (χ2n) is 5.27. The topological polar surface area (TPSA) is 81.9 Å². The van der Waals surface area contributed by atoms with Crippen molar-refractivity contribution in [3.8, 4) is 5.75 Å². The molecule has 1 fully saturated rings. The van der Waals surface area contributed by atoms with Gasteiger partial charge in [-0.05, 0) is 37.5 Å². The van der Waals surface area contributed by atoms with Gasteiger partial charge in [-0.15, -0.1) is 0 Å². The van der Waals surface area contributed by atoms with Crippen molar-refractivity contribution in [2.24, 2.45) is 0 Å². The summed E-state index contributed by atoms with van der Waals surface area (Å²) in [5.74, 6) is -0.146. The molecule has 0 atom stereocenters. The van der Waals surface area contributed by atoms with Crippen LogP contribution in [0.1, 0.15) is 36.5 Å². The molecule has 0 unspecified atom stereocenters. The van der Waals surface area contributed by atoms with Crippen molar-refractivity contribution < 1.29 is 19.1 Å². The van der Waals surface area contributed by atoms with Crippen molar-refractivity contribution >= 4 is 17.6 Å². The molecule has 6 nitrogen and oxygen atoms in total. The number of nitrogens with zero attached hydrogens (tertiary/aromatic N) is 1. The fraction of sp³-hybridized carbons (Fsp3) is 0.500. The van der Waals surface area contributed by atoms with Gasteiger partial charge in [0.25, 0.3) is 5.91 Å². The maximum atomic E-state index is 12.0. The van der Waals surface area contributed by atoms with E-state index < -0.39 is 5.97 Å². The predicted molar refractivity (Wildman–Crippen MR) is 82.7 cm³/mol. The fourth-order valence-corrected chi connectivity index (χ4v) is 2.26. The van der Waals surface area contributed by atoms with Crippen LogP contribution in [-0.2, 0) is 9.53 Å². The Morgan fingerprint density at radius 1 is 1.27 bits per heavy atom. The van der Waals surface area contributed by atoms with Crippen LogP contribution < -0.4 is 10.5 Å². The minimum absolute atomic E-state index is 0.0594. The maximum absolute atomic E-state index is 12.0. The Labute approximate surface area is 130 Å². The molecular weight excluding hydrogens is 284 g/mol. The van der Waals surface area contributed by atoms with Gasteiger partial charge in [0.1, 0.15) is 5.75 Å². The highest BCUT2D eigenvalue weighted by atomic mass is 16.5. The van der Waals surface area contributed by atoms with Crippen LogP contribution in [0.15, 0.2) is 18.2 Å². The number of hydrogen-bond acceptors (Lipinski definition) is 5. The number of carbonyl (C=O) groups is 2. The first kappa shape index (κ1) is 16.1. The maximum Gasteiger partial charge on any atom is 0.338 e. The van der Waals surface area contributed by atoms with E-state index in [4.69, 9.17) is 15.2 Å². The summed E-state index contributed by atoms with van der Waals surface area (Å²) in [4.78, 5) is 25.6. The highest BCUT2D eigenvalue weighted by Gasteiger charge is 2.19. The van der Waals surface area contributed by atoms with Crippen LogP contribution in [0.2, 0.25) is 0 Å². The number of nitrogen functional groups attached to an aromatic ring is 1. The van der Waals surface area contributed by atoms with Crippen molar-refractivity contribution in [3.63, 3.8) is 0 Å². The molecule has 0 aliphatic carbocycles. The average molecular weight is 306 g/mol. The summed E-state index contributed by atoms with van der Waals surface area (Å²) in [6, 6.07) is 4.69. The quantitative estimate of drug-likeness (QED) is 0.640. The van der Waals surface area contributed by atoms with Crippen LogP contribution in [0.4, 0.5) is 5.69 Å². The Bertz CT molecular complexity index is 539. The van der Waals surface area contributed by atoms with Gasteiger partial charge in [-0.2, -0.15) is 0 Å². The molecule has 22 heavy (non-hydrogen) atoms. The van der Waals surface area contributed by atoms with E-state index in [1.807, 2.05) is 6.92 Å². The first-order valence-corrected chi connectivity index (χ1v) is 7.59. The van der Waals surface area contributed by atoms with Gasteiger partial charge in [0.15, 0.2) is 6.61 Å². The number of hydrogen-bond donors (Lipinski definition) is 1. The lowest BCUT2D eigenvalue weighted by molar-refractivity contribution is -0.132. The molecule has 0 spiro atoms. The monoisotopic (exact) mass is 306 g/mol. The third-order valence-corrected chi connectivity index (χ3v) is 3.50. The Kier molecular flexibility index (Phi) is 5.63. The van der Waals surface area contributed by atoms with E-state index in [-0.39, 0.29) is 12.5 Å².